The molecule has 1 heterocycles. The van der Waals surface area contributed by atoms with Crippen LogP contribution >= 0.6 is 0 Å². The summed E-state index contributed by atoms with van der Waals surface area (Å²) in [7, 11) is 6.61. The molecule has 17 heavy (non-hydrogen) atoms. The van der Waals surface area contributed by atoms with E-state index in [0.717, 1.165) is 18.5 Å². The van der Waals surface area contributed by atoms with Gasteiger partial charge in [-0.2, -0.15) is 0 Å². The third-order valence-corrected chi connectivity index (χ3v) is 4.40. The molecular formula is C14H31N3. The molecule has 0 aromatic heterocycles. The largest absolute Gasteiger partial charge is 0.315 e. The molecule has 102 valence electrons. The Hall–Kier alpha value is -0.120. The molecule has 0 spiro atoms. The standard InChI is InChI=1S/C14H31N3/c1-6-12(2)14(15-3)11-16(4)10-13-8-7-9-17(13)5/h12-15H,6-11H2,1-5H3. The Labute approximate surface area is 108 Å². The second-order valence-electron chi connectivity index (χ2n) is 5.78. The van der Waals surface area contributed by atoms with Gasteiger partial charge in [0, 0.05) is 25.2 Å². The molecule has 1 aliphatic heterocycles. The Morgan fingerprint density at radius 3 is 2.65 bits per heavy atom. The monoisotopic (exact) mass is 241 g/mol. The summed E-state index contributed by atoms with van der Waals surface area (Å²) in [4.78, 5) is 5.01. The number of hydrogen-bond acceptors (Lipinski definition) is 3. The summed E-state index contributed by atoms with van der Waals surface area (Å²) in [5, 5.41) is 3.46. The molecule has 1 fully saturated rings. The van der Waals surface area contributed by atoms with Crippen LogP contribution in [0.25, 0.3) is 0 Å². The Morgan fingerprint density at radius 2 is 2.18 bits per heavy atom. The van der Waals surface area contributed by atoms with E-state index in [1.807, 2.05) is 0 Å². The first kappa shape index (κ1) is 14.9. The van der Waals surface area contributed by atoms with E-state index in [2.05, 4.69) is 50.1 Å². The van der Waals surface area contributed by atoms with Crippen LogP contribution in [0.15, 0.2) is 0 Å². The lowest BCUT2D eigenvalue weighted by atomic mass is 9.99. The average molecular weight is 241 g/mol. The molecule has 0 aromatic carbocycles. The summed E-state index contributed by atoms with van der Waals surface area (Å²) in [5.41, 5.74) is 0. The maximum absolute atomic E-state index is 3.46. The molecule has 3 atom stereocenters. The summed E-state index contributed by atoms with van der Waals surface area (Å²) in [6.45, 7) is 8.27. The van der Waals surface area contributed by atoms with Gasteiger partial charge in [-0.15, -0.1) is 0 Å². The number of likely N-dealkylation sites (tertiary alicyclic amines) is 1. The van der Waals surface area contributed by atoms with Crippen molar-refractivity contribution in [2.45, 2.75) is 45.2 Å². The van der Waals surface area contributed by atoms with Crippen LogP contribution < -0.4 is 5.32 Å². The van der Waals surface area contributed by atoms with Crippen molar-refractivity contribution in [2.75, 3.05) is 40.8 Å². The van der Waals surface area contributed by atoms with Gasteiger partial charge in [-0.1, -0.05) is 20.3 Å². The summed E-state index contributed by atoms with van der Waals surface area (Å²) < 4.78 is 0. The SMILES string of the molecule is CCC(C)C(CN(C)CC1CCCN1C)NC. The normalized spacial score (nSPS) is 25.4. The fourth-order valence-corrected chi connectivity index (χ4v) is 2.82. The molecular weight excluding hydrogens is 210 g/mol. The fraction of sp³-hybridized carbons (Fsp3) is 1.00. The first-order valence-electron chi connectivity index (χ1n) is 7.14. The van der Waals surface area contributed by atoms with E-state index < -0.39 is 0 Å². The van der Waals surface area contributed by atoms with Gasteiger partial charge in [-0.3, -0.25) is 0 Å². The molecule has 3 unspecified atom stereocenters. The Bertz CT molecular complexity index is 208. The van der Waals surface area contributed by atoms with Crippen LogP contribution in [0.2, 0.25) is 0 Å². The van der Waals surface area contributed by atoms with Crippen molar-refractivity contribution in [3.05, 3.63) is 0 Å². The quantitative estimate of drug-likeness (QED) is 0.731. The Morgan fingerprint density at radius 1 is 1.47 bits per heavy atom. The average Bonchev–Trinajstić information content (AvgIpc) is 2.71. The lowest BCUT2D eigenvalue weighted by Gasteiger charge is -2.31. The third-order valence-electron chi connectivity index (χ3n) is 4.40. The molecule has 0 saturated carbocycles. The van der Waals surface area contributed by atoms with E-state index in [9.17, 15) is 0 Å². The summed E-state index contributed by atoms with van der Waals surface area (Å²) in [6, 6.07) is 1.39. The van der Waals surface area contributed by atoms with Crippen molar-refractivity contribution in [1.82, 2.24) is 15.1 Å². The predicted octanol–water partition coefficient (Wildman–Crippen LogP) is 1.65. The minimum Gasteiger partial charge on any atom is -0.315 e. The first-order valence-corrected chi connectivity index (χ1v) is 7.14. The van der Waals surface area contributed by atoms with E-state index in [0.29, 0.717) is 6.04 Å². The van der Waals surface area contributed by atoms with Gasteiger partial charge in [0.05, 0.1) is 0 Å². The number of hydrogen-bond donors (Lipinski definition) is 1. The van der Waals surface area contributed by atoms with Crippen LogP contribution in [-0.4, -0.2) is 62.7 Å². The first-order chi connectivity index (χ1) is 8.08. The highest BCUT2D eigenvalue weighted by Crippen LogP contribution is 2.16. The highest BCUT2D eigenvalue weighted by atomic mass is 15.2. The van der Waals surface area contributed by atoms with Crippen molar-refractivity contribution in [1.29, 1.82) is 0 Å². The number of nitrogens with zero attached hydrogens (tertiary/aromatic N) is 2. The molecule has 0 aliphatic carbocycles. The van der Waals surface area contributed by atoms with Crippen LogP contribution in [0, 0.1) is 5.92 Å². The molecule has 1 saturated heterocycles. The zero-order chi connectivity index (χ0) is 12.8. The van der Waals surface area contributed by atoms with Crippen LogP contribution in [0.3, 0.4) is 0 Å². The molecule has 1 rings (SSSR count). The number of nitrogens with one attached hydrogen (secondary N) is 1. The Balaban J connectivity index is 2.34. The van der Waals surface area contributed by atoms with Crippen molar-refractivity contribution >= 4 is 0 Å². The second-order valence-corrected chi connectivity index (χ2v) is 5.78. The van der Waals surface area contributed by atoms with E-state index >= 15 is 0 Å². The van der Waals surface area contributed by atoms with Crippen LogP contribution in [-0.2, 0) is 0 Å². The highest BCUT2D eigenvalue weighted by molar-refractivity contribution is 4.81. The minimum absolute atomic E-state index is 0.622. The van der Waals surface area contributed by atoms with Crippen molar-refractivity contribution in [3.63, 3.8) is 0 Å². The number of rotatable bonds is 7. The van der Waals surface area contributed by atoms with Gasteiger partial charge in [0.1, 0.15) is 0 Å². The Kier molecular flexibility index (Phi) is 6.45. The van der Waals surface area contributed by atoms with Gasteiger partial charge in [0.15, 0.2) is 0 Å². The summed E-state index contributed by atoms with van der Waals surface area (Å²) in [6.07, 6.45) is 3.99. The van der Waals surface area contributed by atoms with E-state index in [1.54, 1.807) is 0 Å². The lowest BCUT2D eigenvalue weighted by molar-refractivity contribution is 0.192. The molecule has 0 amide bonds. The molecule has 1 aliphatic rings. The lowest BCUT2D eigenvalue weighted by Crippen LogP contribution is -2.45. The fourth-order valence-electron chi connectivity index (χ4n) is 2.82. The summed E-state index contributed by atoms with van der Waals surface area (Å²) >= 11 is 0. The van der Waals surface area contributed by atoms with Crippen LogP contribution in [0.5, 0.6) is 0 Å². The van der Waals surface area contributed by atoms with Crippen molar-refractivity contribution < 1.29 is 0 Å². The molecule has 0 radical (unpaired) electrons. The van der Waals surface area contributed by atoms with E-state index in [4.69, 9.17) is 0 Å². The van der Waals surface area contributed by atoms with Gasteiger partial charge in [-0.25, -0.2) is 0 Å². The highest BCUT2D eigenvalue weighted by Gasteiger charge is 2.23. The van der Waals surface area contributed by atoms with E-state index in [1.165, 1.54) is 32.4 Å². The van der Waals surface area contributed by atoms with Gasteiger partial charge in [-0.05, 0) is 46.4 Å². The third kappa shape index (κ3) is 4.57. The second kappa shape index (κ2) is 7.34. The predicted molar refractivity (Wildman–Crippen MR) is 75.5 cm³/mol. The zero-order valence-electron chi connectivity index (χ0n) is 12.4. The maximum atomic E-state index is 3.46. The number of likely N-dealkylation sites (N-methyl/N-ethyl adjacent to an activating group) is 3. The zero-order valence-corrected chi connectivity index (χ0v) is 12.4. The van der Waals surface area contributed by atoms with Crippen LogP contribution in [0.4, 0.5) is 0 Å². The molecule has 3 heteroatoms. The van der Waals surface area contributed by atoms with Gasteiger partial charge >= 0.3 is 0 Å². The van der Waals surface area contributed by atoms with Crippen molar-refractivity contribution in [3.8, 4) is 0 Å². The van der Waals surface area contributed by atoms with Crippen LogP contribution in [0.1, 0.15) is 33.1 Å². The van der Waals surface area contributed by atoms with Crippen molar-refractivity contribution in [2.24, 2.45) is 5.92 Å². The van der Waals surface area contributed by atoms with E-state index in [-0.39, 0.29) is 0 Å². The maximum Gasteiger partial charge on any atom is 0.0220 e. The topological polar surface area (TPSA) is 18.5 Å². The smallest absolute Gasteiger partial charge is 0.0220 e. The minimum atomic E-state index is 0.622. The van der Waals surface area contributed by atoms with Gasteiger partial charge in [0.2, 0.25) is 0 Å². The molecule has 3 nitrogen and oxygen atoms in total. The van der Waals surface area contributed by atoms with Gasteiger partial charge in [0.25, 0.3) is 0 Å². The molecule has 0 bridgehead atoms. The van der Waals surface area contributed by atoms with Gasteiger partial charge < -0.3 is 15.1 Å². The summed E-state index contributed by atoms with van der Waals surface area (Å²) in [5.74, 6) is 0.753. The molecule has 0 aromatic rings. The molecule has 1 N–H and O–H groups in total.